The first-order chi connectivity index (χ1) is 5.95. The maximum Gasteiger partial charge on any atom is 0.0931 e. The van der Waals surface area contributed by atoms with Crippen LogP contribution in [0.1, 0.15) is 17.5 Å². The number of hydrogen-bond donors (Lipinski definition) is 1. The molecule has 1 aromatic carbocycles. The van der Waals surface area contributed by atoms with E-state index in [1.807, 2.05) is 0 Å². The van der Waals surface area contributed by atoms with Crippen LogP contribution < -0.4 is 0 Å². The second kappa shape index (κ2) is 2.09. The Morgan fingerprint density at radius 2 is 2.25 bits per heavy atom. The summed E-state index contributed by atoms with van der Waals surface area (Å²) < 4.78 is 0. The molecule has 1 N–H and O–H groups in total. The number of aromatic nitrogens is 2. The quantitative estimate of drug-likeness (QED) is 0.624. The van der Waals surface area contributed by atoms with E-state index in [0.29, 0.717) is 0 Å². The molecular weight excluding hydrogens is 148 g/mol. The van der Waals surface area contributed by atoms with E-state index in [0.717, 1.165) is 0 Å². The van der Waals surface area contributed by atoms with E-state index in [2.05, 4.69) is 22.1 Å². The number of nitrogens with zero attached hydrogens (tertiary/aromatic N) is 1. The molecular formula is C10H10N2. The molecule has 0 bridgehead atoms. The Kier molecular flexibility index (Phi) is 1.09. The topological polar surface area (TPSA) is 28.7 Å². The van der Waals surface area contributed by atoms with Crippen molar-refractivity contribution in [2.45, 2.75) is 19.3 Å². The van der Waals surface area contributed by atoms with Crippen LogP contribution in [0.15, 0.2) is 18.5 Å². The molecule has 0 spiro atoms. The zero-order chi connectivity index (χ0) is 7.97. The summed E-state index contributed by atoms with van der Waals surface area (Å²) in [6.07, 6.45) is 5.51. The minimum atomic E-state index is 1.18. The third-order valence-corrected chi connectivity index (χ3v) is 2.67. The number of hydrogen-bond acceptors (Lipinski definition) is 1. The molecule has 1 aromatic heterocycles. The summed E-state index contributed by atoms with van der Waals surface area (Å²) in [4.78, 5) is 7.47. The SMILES string of the molecule is c1nc2c3c(ccc2[nH]1)CCC3. The van der Waals surface area contributed by atoms with Gasteiger partial charge in [0.25, 0.3) is 0 Å². The predicted molar refractivity (Wildman–Crippen MR) is 48.1 cm³/mol. The van der Waals surface area contributed by atoms with Gasteiger partial charge in [-0.3, -0.25) is 0 Å². The van der Waals surface area contributed by atoms with Gasteiger partial charge in [0.2, 0.25) is 0 Å². The second-order valence-electron chi connectivity index (χ2n) is 3.36. The van der Waals surface area contributed by atoms with E-state index in [1.165, 1.54) is 41.4 Å². The van der Waals surface area contributed by atoms with Crippen LogP contribution in [0.2, 0.25) is 0 Å². The van der Waals surface area contributed by atoms with Gasteiger partial charge in [0.1, 0.15) is 0 Å². The lowest BCUT2D eigenvalue weighted by Gasteiger charge is -1.97. The van der Waals surface area contributed by atoms with Crippen LogP contribution in [0.3, 0.4) is 0 Å². The summed E-state index contributed by atoms with van der Waals surface area (Å²) in [5, 5.41) is 0. The minimum absolute atomic E-state index is 1.18. The van der Waals surface area contributed by atoms with Gasteiger partial charge >= 0.3 is 0 Å². The van der Waals surface area contributed by atoms with Crippen LogP contribution in [0, 0.1) is 0 Å². The Morgan fingerprint density at radius 3 is 3.25 bits per heavy atom. The van der Waals surface area contributed by atoms with Crippen molar-refractivity contribution >= 4 is 11.0 Å². The van der Waals surface area contributed by atoms with E-state index in [4.69, 9.17) is 0 Å². The molecule has 0 amide bonds. The zero-order valence-electron chi connectivity index (χ0n) is 6.80. The third kappa shape index (κ3) is 0.670. The Bertz CT molecular complexity index is 428. The molecule has 2 aromatic rings. The molecule has 0 saturated carbocycles. The molecule has 1 aliphatic rings. The van der Waals surface area contributed by atoms with Gasteiger partial charge in [0.15, 0.2) is 0 Å². The summed E-state index contributed by atoms with van der Waals surface area (Å²) in [6, 6.07) is 4.36. The van der Waals surface area contributed by atoms with Crippen molar-refractivity contribution in [2.24, 2.45) is 0 Å². The highest BCUT2D eigenvalue weighted by atomic mass is 14.9. The average Bonchev–Trinajstić information content (AvgIpc) is 2.71. The lowest BCUT2D eigenvalue weighted by atomic mass is 10.1. The fraction of sp³-hybridized carbons (Fsp3) is 0.300. The van der Waals surface area contributed by atoms with Gasteiger partial charge in [0.05, 0.1) is 17.4 Å². The molecule has 60 valence electrons. The number of aromatic amines is 1. The molecule has 0 fully saturated rings. The van der Waals surface area contributed by atoms with Crippen molar-refractivity contribution in [1.82, 2.24) is 9.97 Å². The maximum atomic E-state index is 4.33. The number of H-pyrrole nitrogens is 1. The lowest BCUT2D eigenvalue weighted by molar-refractivity contribution is 0.913. The molecule has 0 atom stereocenters. The van der Waals surface area contributed by atoms with Crippen LogP contribution in [-0.2, 0) is 12.8 Å². The summed E-state index contributed by atoms with van der Waals surface area (Å²) in [5.74, 6) is 0. The van der Waals surface area contributed by atoms with Crippen molar-refractivity contribution in [1.29, 1.82) is 0 Å². The number of nitrogens with one attached hydrogen (secondary N) is 1. The fourth-order valence-corrected chi connectivity index (χ4v) is 2.08. The molecule has 2 nitrogen and oxygen atoms in total. The highest BCUT2D eigenvalue weighted by molar-refractivity contribution is 5.80. The molecule has 12 heavy (non-hydrogen) atoms. The Morgan fingerprint density at radius 1 is 1.25 bits per heavy atom. The van der Waals surface area contributed by atoms with Crippen molar-refractivity contribution in [3.8, 4) is 0 Å². The monoisotopic (exact) mass is 158 g/mol. The van der Waals surface area contributed by atoms with E-state index in [-0.39, 0.29) is 0 Å². The van der Waals surface area contributed by atoms with Crippen molar-refractivity contribution in [3.63, 3.8) is 0 Å². The zero-order valence-corrected chi connectivity index (χ0v) is 6.80. The highest BCUT2D eigenvalue weighted by Crippen LogP contribution is 2.27. The lowest BCUT2D eigenvalue weighted by Crippen LogP contribution is -1.83. The molecule has 0 radical (unpaired) electrons. The first kappa shape index (κ1) is 6.23. The normalized spacial score (nSPS) is 15.3. The van der Waals surface area contributed by atoms with Gasteiger partial charge in [-0.2, -0.15) is 0 Å². The van der Waals surface area contributed by atoms with Gasteiger partial charge in [-0.15, -0.1) is 0 Å². The van der Waals surface area contributed by atoms with Crippen LogP contribution in [0.25, 0.3) is 11.0 Å². The van der Waals surface area contributed by atoms with Gasteiger partial charge in [-0.1, -0.05) is 6.07 Å². The number of benzene rings is 1. The standard InChI is InChI=1S/C10H10N2/c1-2-7-4-5-9-10(8(7)3-1)12-6-11-9/h4-6H,1-3H2,(H,11,12). The van der Waals surface area contributed by atoms with Crippen molar-refractivity contribution in [3.05, 3.63) is 29.6 Å². The first-order valence-electron chi connectivity index (χ1n) is 4.39. The van der Waals surface area contributed by atoms with Crippen molar-refractivity contribution in [2.75, 3.05) is 0 Å². The maximum absolute atomic E-state index is 4.33. The smallest absolute Gasteiger partial charge is 0.0931 e. The van der Waals surface area contributed by atoms with E-state index in [1.54, 1.807) is 6.33 Å². The third-order valence-electron chi connectivity index (χ3n) is 2.67. The predicted octanol–water partition coefficient (Wildman–Crippen LogP) is 2.05. The van der Waals surface area contributed by atoms with Gasteiger partial charge in [-0.05, 0) is 36.5 Å². The fourth-order valence-electron chi connectivity index (χ4n) is 2.08. The minimum Gasteiger partial charge on any atom is -0.345 e. The molecule has 3 rings (SSSR count). The Balaban J connectivity index is 2.46. The summed E-state index contributed by atoms with van der Waals surface area (Å²) >= 11 is 0. The van der Waals surface area contributed by atoms with Crippen LogP contribution in [-0.4, -0.2) is 9.97 Å². The number of imidazole rings is 1. The van der Waals surface area contributed by atoms with Gasteiger partial charge < -0.3 is 4.98 Å². The van der Waals surface area contributed by atoms with Crippen LogP contribution >= 0.6 is 0 Å². The Hall–Kier alpha value is -1.31. The molecule has 0 saturated heterocycles. The second-order valence-corrected chi connectivity index (χ2v) is 3.36. The summed E-state index contributed by atoms with van der Waals surface area (Å²) in [7, 11) is 0. The largest absolute Gasteiger partial charge is 0.345 e. The highest BCUT2D eigenvalue weighted by Gasteiger charge is 2.14. The Labute approximate surface area is 70.6 Å². The summed E-state index contributed by atoms with van der Waals surface area (Å²) in [6.45, 7) is 0. The molecule has 1 aliphatic carbocycles. The molecule has 2 heteroatoms. The van der Waals surface area contributed by atoms with Gasteiger partial charge in [-0.25, -0.2) is 4.98 Å². The van der Waals surface area contributed by atoms with E-state index in [9.17, 15) is 0 Å². The molecule has 0 unspecified atom stereocenters. The number of rotatable bonds is 0. The van der Waals surface area contributed by atoms with Gasteiger partial charge in [0, 0.05) is 0 Å². The molecule has 0 aliphatic heterocycles. The average molecular weight is 158 g/mol. The van der Waals surface area contributed by atoms with Crippen LogP contribution in [0.5, 0.6) is 0 Å². The molecule has 1 heterocycles. The van der Waals surface area contributed by atoms with E-state index >= 15 is 0 Å². The first-order valence-corrected chi connectivity index (χ1v) is 4.39. The van der Waals surface area contributed by atoms with E-state index < -0.39 is 0 Å². The van der Waals surface area contributed by atoms with Crippen LogP contribution in [0.4, 0.5) is 0 Å². The number of aryl methyl sites for hydroxylation is 2. The number of fused-ring (bicyclic) bond motifs is 3. The summed E-state index contributed by atoms with van der Waals surface area (Å²) in [5.41, 5.74) is 5.32. The van der Waals surface area contributed by atoms with Crippen molar-refractivity contribution < 1.29 is 0 Å².